The number of rotatable bonds is 7. The molecule has 1 atom stereocenters. The van der Waals surface area contributed by atoms with Crippen molar-refractivity contribution in [2.75, 3.05) is 32.8 Å². The number of ether oxygens (including phenoxy) is 1. The van der Waals surface area contributed by atoms with E-state index in [0.29, 0.717) is 19.7 Å². The predicted octanol–water partition coefficient (Wildman–Crippen LogP) is 0.340. The maximum Gasteiger partial charge on any atom is 0.279 e. The molecule has 114 valence electrons. The van der Waals surface area contributed by atoms with Gasteiger partial charge in [0, 0.05) is 32.8 Å². The molecule has 0 aromatic carbocycles. The van der Waals surface area contributed by atoms with E-state index in [2.05, 4.69) is 4.72 Å². The Kier molecular flexibility index (Phi) is 6.19. The summed E-state index contributed by atoms with van der Waals surface area (Å²) in [6.07, 6.45) is 1.67. The zero-order valence-electron chi connectivity index (χ0n) is 12.1. The third-order valence-electron chi connectivity index (χ3n) is 3.30. The Morgan fingerprint density at radius 1 is 1.47 bits per heavy atom. The average molecular weight is 294 g/mol. The van der Waals surface area contributed by atoms with Gasteiger partial charge in [0.05, 0.1) is 5.60 Å². The summed E-state index contributed by atoms with van der Waals surface area (Å²) >= 11 is 0. The van der Waals surface area contributed by atoms with Crippen LogP contribution in [0.15, 0.2) is 0 Å². The van der Waals surface area contributed by atoms with E-state index in [1.54, 1.807) is 0 Å². The highest BCUT2D eigenvalue weighted by Crippen LogP contribution is 2.18. The van der Waals surface area contributed by atoms with Crippen molar-refractivity contribution in [2.45, 2.75) is 39.2 Å². The SMILES string of the molecule is CCOC(C)(C)CNS(=O)(=O)N1CCCC(CO)C1. The van der Waals surface area contributed by atoms with Crippen LogP contribution < -0.4 is 4.72 Å². The van der Waals surface area contributed by atoms with Crippen molar-refractivity contribution < 1.29 is 18.3 Å². The summed E-state index contributed by atoms with van der Waals surface area (Å²) in [7, 11) is -3.49. The molecule has 0 aliphatic carbocycles. The standard InChI is InChI=1S/C12H26N2O4S/c1-4-18-12(2,3)10-13-19(16,17)14-7-5-6-11(8-14)9-15/h11,13,15H,4-10H2,1-3H3. The highest BCUT2D eigenvalue weighted by Gasteiger charge is 2.30. The van der Waals surface area contributed by atoms with E-state index >= 15 is 0 Å². The summed E-state index contributed by atoms with van der Waals surface area (Å²) < 4.78 is 33.8. The van der Waals surface area contributed by atoms with Gasteiger partial charge in [-0.1, -0.05) is 0 Å². The molecule has 0 bridgehead atoms. The van der Waals surface area contributed by atoms with Gasteiger partial charge >= 0.3 is 0 Å². The number of hydrogen-bond donors (Lipinski definition) is 2. The molecule has 6 nitrogen and oxygen atoms in total. The number of nitrogens with one attached hydrogen (secondary N) is 1. The first-order chi connectivity index (χ1) is 8.80. The minimum absolute atomic E-state index is 0.0382. The fourth-order valence-corrected chi connectivity index (χ4v) is 3.68. The minimum Gasteiger partial charge on any atom is -0.396 e. The lowest BCUT2D eigenvalue weighted by molar-refractivity contribution is -0.00547. The van der Waals surface area contributed by atoms with Crippen LogP contribution in [0, 0.1) is 5.92 Å². The Labute approximate surface area is 116 Å². The van der Waals surface area contributed by atoms with Gasteiger partial charge in [-0.15, -0.1) is 0 Å². The van der Waals surface area contributed by atoms with Crippen molar-refractivity contribution in [1.29, 1.82) is 0 Å². The molecular formula is C12H26N2O4S. The van der Waals surface area contributed by atoms with Gasteiger partial charge in [-0.25, -0.2) is 0 Å². The van der Waals surface area contributed by atoms with Crippen molar-refractivity contribution >= 4 is 10.2 Å². The second kappa shape index (κ2) is 6.99. The molecule has 0 amide bonds. The topological polar surface area (TPSA) is 78.9 Å². The Morgan fingerprint density at radius 2 is 2.16 bits per heavy atom. The quantitative estimate of drug-likeness (QED) is 0.710. The Bertz CT molecular complexity index is 370. The van der Waals surface area contributed by atoms with Crippen molar-refractivity contribution in [3.8, 4) is 0 Å². The minimum atomic E-state index is -3.49. The van der Waals surface area contributed by atoms with Crippen molar-refractivity contribution in [3.05, 3.63) is 0 Å². The van der Waals surface area contributed by atoms with E-state index in [1.807, 2.05) is 20.8 Å². The second-order valence-electron chi connectivity index (χ2n) is 5.57. The van der Waals surface area contributed by atoms with E-state index in [-0.39, 0.29) is 19.1 Å². The molecule has 1 aliphatic heterocycles. The van der Waals surface area contributed by atoms with Crippen molar-refractivity contribution in [2.24, 2.45) is 5.92 Å². The van der Waals surface area contributed by atoms with Gasteiger partial charge in [-0.3, -0.25) is 0 Å². The molecule has 1 heterocycles. The smallest absolute Gasteiger partial charge is 0.279 e. The lowest BCUT2D eigenvalue weighted by Crippen LogP contribution is -2.50. The summed E-state index contributed by atoms with van der Waals surface area (Å²) in [5, 5.41) is 9.14. The van der Waals surface area contributed by atoms with Crippen LogP contribution in [-0.2, 0) is 14.9 Å². The molecule has 1 unspecified atom stereocenters. The van der Waals surface area contributed by atoms with E-state index < -0.39 is 15.8 Å². The predicted molar refractivity (Wildman–Crippen MR) is 74.0 cm³/mol. The molecular weight excluding hydrogens is 268 g/mol. The molecule has 0 spiro atoms. The maximum absolute atomic E-state index is 12.2. The molecule has 7 heteroatoms. The molecule has 0 aromatic heterocycles. The van der Waals surface area contributed by atoms with Gasteiger partial charge in [0.25, 0.3) is 10.2 Å². The summed E-state index contributed by atoms with van der Waals surface area (Å²) in [5.41, 5.74) is -0.520. The van der Waals surface area contributed by atoms with Gasteiger partial charge in [0.15, 0.2) is 0 Å². The maximum atomic E-state index is 12.2. The molecule has 0 aromatic rings. The first-order valence-corrected chi connectivity index (χ1v) is 8.24. The number of aliphatic hydroxyl groups excluding tert-OH is 1. The highest BCUT2D eigenvalue weighted by molar-refractivity contribution is 7.87. The van der Waals surface area contributed by atoms with Gasteiger partial charge < -0.3 is 9.84 Å². The largest absolute Gasteiger partial charge is 0.396 e. The Hall–Kier alpha value is -0.210. The first-order valence-electron chi connectivity index (χ1n) is 6.80. The van der Waals surface area contributed by atoms with E-state index in [4.69, 9.17) is 9.84 Å². The summed E-state index contributed by atoms with van der Waals surface area (Å²) in [4.78, 5) is 0. The molecule has 0 saturated carbocycles. The van der Waals surface area contributed by atoms with Crippen LogP contribution in [0.2, 0.25) is 0 Å². The van der Waals surface area contributed by atoms with Crippen LogP contribution in [0.25, 0.3) is 0 Å². The number of nitrogens with zero attached hydrogens (tertiary/aromatic N) is 1. The summed E-state index contributed by atoms with van der Waals surface area (Å²) in [6.45, 7) is 7.32. The summed E-state index contributed by atoms with van der Waals surface area (Å²) in [6, 6.07) is 0. The Morgan fingerprint density at radius 3 is 2.74 bits per heavy atom. The highest BCUT2D eigenvalue weighted by atomic mass is 32.2. The van der Waals surface area contributed by atoms with Crippen molar-refractivity contribution in [3.63, 3.8) is 0 Å². The second-order valence-corrected chi connectivity index (χ2v) is 7.32. The summed E-state index contributed by atoms with van der Waals surface area (Å²) in [5.74, 6) is 0.0465. The van der Waals surface area contributed by atoms with Crippen LogP contribution in [0.3, 0.4) is 0 Å². The van der Waals surface area contributed by atoms with Crippen LogP contribution >= 0.6 is 0 Å². The van der Waals surface area contributed by atoms with Crippen LogP contribution in [0.1, 0.15) is 33.6 Å². The van der Waals surface area contributed by atoms with E-state index in [0.717, 1.165) is 12.8 Å². The fraction of sp³-hybridized carbons (Fsp3) is 1.00. The van der Waals surface area contributed by atoms with Crippen LogP contribution in [0.4, 0.5) is 0 Å². The third-order valence-corrected chi connectivity index (χ3v) is 4.82. The average Bonchev–Trinajstić information content (AvgIpc) is 2.37. The molecule has 1 rings (SSSR count). The zero-order chi connectivity index (χ0) is 14.5. The van der Waals surface area contributed by atoms with Crippen LogP contribution in [0.5, 0.6) is 0 Å². The first kappa shape index (κ1) is 16.8. The van der Waals surface area contributed by atoms with Crippen LogP contribution in [-0.4, -0.2) is 56.3 Å². The molecule has 1 aliphatic rings. The molecule has 1 fully saturated rings. The fourth-order valence-electron chi connectivity index (χ4n) is 2.19. The van der Waals surface area contributed by atoms with Gasteiger partial charge in [0.1, 0.15) is 0 Å². The number of aliphatic hydroxyl groups is 1. The lowest BCUT2D eigenvalue weighted by Gasteiger charge is -2.32. The molecule has 1 saturated heterocycles. The monoisotopic (exact) mass is 294 g/mol. The number of hydrogen-bond acceptors (Lipinski definition) is 4. The molecule has 0 radical (unpaired) electrons. The molecule has 2 N–H and O–H groups in total. The van der Waals surface area contributed by atoms with Crippen molar-refractivity contribution in [1.82, 2.24) is 9.03 Å². The number of piperidine rings is 1. The third kappa shape index (κ3) is 5.35. The Balaban J connectivity index is 2.56. The lowest BCUT2D eigenvalue weighted by atomic mass is 10.0. The van der Waals surface area contributed by atoms with E-state index in [1.165, 1.54) is 4.31 Å². The van der Waals surface area contributed by atoms with Gasteiger partial charge in [-0.2, -0.15) is 17.4 Å². The van der Waals surface area contributed by atoms with E-state index in [9.17, 15) is 8.42 Å². The molecule has 19 heavy (non-hydrogen) atoms. The normalized spacial score (nSPS) is 22.6. The van der Waals surface area contributed by atoms with Gasteiger partial charge in [-0.05, 0) is 39.5 Å². The zero-order valence-corrected chi connectivity index (χ0v) is 12.9. The van der Waals surface area contributed by atoms with Gasteiger partial charge in [0.2, 0.25) is 0 Å².